The first-order chi connectivity index (χ1) is 9.18. The van der Waals surface area contributed by atoms with Crippen LogP contribution in [0.2, 0.25) is 10.0 Å². The highest BCUT2D eigenvalue weighted by atomic mass is 35.5. The predicted molar refractivity (Wildman–Crippen MR) is 75.8 cm³/mol. The Hall–Kier alpha value is -0.890. The van der Waals surface area contributed by atoms with Crippen LogP contribution >= 0.6 is 23.2 Å². The van der Waals surface area contributed by atoms with Crippen LogP contribution in [-0.2, 0) is 14.8 Å². The van der Waals surface area contributed by atoms with E-state index < -0.39 is 33.5 Å². The number of hydrogen-bond donors (Lipinski definition) is 2. The highest BCUT2D eigenvalue weighted by molar-refractivity contribution is 7.90. The topological polar surface area (TPSA) is 75.3 Å². The van der Waals surface area contributed by atoms with Gasteiger partial charge in [-0.3, -0.25) is 4.79 Å². The molecule has 1 aromatic rings. The summed E-state index contributed by atoms with van der Waals surface area (Å²) in [5.41, 5.74) is 0.198. The lowest BCUT2D eigenvalue weighted by molar-refractivity contribution is -0.119. The molecule has 0 radical (unpaired) electrons. The van der Waals surface area contributed by atoms with E-state index in [4.69, 9.17) is 23.2 Å². The van der Waals surface area contributed by atoms with Crippen molar-refractivity contribution in [2.45, 2.75) is 13.0 Å². The number of benzene rings is 1. The zero-order chi connectivity index (χ0) is 15.5. The van der Waals surface area contributed by atoms with E-state index in [-0.39, 0.29) is 15.6 Å². The fourth-order valence-corrected chi connectivity index (χ4v) is 2.81. The molecule has 0 aliphatic heterocycles. The zero-order valence-electron chi connectivity index (χ0n) is 10.7. The lowest BCUT2D eigenvalue weighted by Crippen LogP contribution is -2.36. The summed E-state index contributed by atoms with van der Waals surface area (Å²) in [6.07, 6.45) is 0. The summed E-state index contributed by atoms with van der Waals surface area (Å²) in [5.74, 6) is -2.16. The first-order valence-corrected chi connectivity index (χ1v) is 7.92. The smallest absolute Gasteiger partial charge is 0.237 e. The van der Waals surface area contributed by atoms with E-state index in [2.05, 4.69) is 5.32 Å². The van der Waals surface area contributed by atoms with Gasteiger partial charge in [-0.25, -0.2) is 17.5 Å². The summed E-state index contributed by atoms with van der Waals surface area (Å²) >= 11 is 11.7. The Kier molecular flexibility index (Phi) is 5.76. The molecule has 1 amide bonds. The first-order valence-electron chi connectivity index (χ1n) is 5.52. The van der Waals surface area contributed by atoms with Crippen LogP contribution in [0, 0.1) is 5.82 Å². The molecule has 0 aliphatic rings. The summed E-state index contributed by atoms with van der Waals surface area (Å²) in [5, 5.41) is 2.38. The quantitative estimate of drug-likeness (QED) is 0.802. The van der Waals surface area contributed by atoms with Crippen LogP contribution in [0.15, 0.2) is 12.1 Å². The van der Waals surface area contributed by atoms with E-state index in [1.165, 1.54) is 20.0 Å². The average molecular weight is 343 g/mol. The summed E-state index contributed by atoms with van der Waals surface area (Å²) < 4.78 is 37.9. The van der Waals surface area contributed by atoms with E-state index in [0.717, 1.165) is 6.07 Å². The molecule has 0 saturated carbocycles. The normalized spacial score (nSPS) is 13.1. The largest absolute Gasteiger partial charge is 0.349 e. The third kappa shape index (κ3) is 4.31. The number of rotatable bonds is 5. The maximum Gasteiger partial charge on any atom is 0.237 e. The Bertz CT molecular complexity index is 622. The Morgan fingerprint density at radius 3 is 2.55 bits per heavy atom. The standard InChI is InChI=1S/C11H13Cl2FN2O3S/c1-6(16-9(17)5-20(18,19)15-2)10-7(12)3-4-8(14)11(10)13/h3-4,6,15H,5H2,1-2H3,(H,16,17). The van der Waals surface area contributed by atoms with E-state index >= 15 is 0 Å². The van der Waals surface area contributed by atoms with Crippen molar-refractivity contribution in [3.63, 3.8) is 0 Å². The number of nitrogens with one attached hydrogen (secondary N) is 2. The third-order valence-electron chi connectivity index (χ3n) is 2.52. The molecule has 2 N–H and O–H groups in total. The molecule has 0 spiro atoms. The van der Waals surface area contributed by atoms with Gasteiger partial charge in [-0.15, -0.1) is 0 Å². The van der Waals surface area contributed by atoms with Gasteiger partial charge in [0.25, 0.3) is 0 Å². The number of halogens is 3. The monoisotopic (exact) mass is 342 g/mol. The van der Waals surface area contributed by atoms with Crippen molar-refractivity contribution in [1.82, 2.24) is 10.0 Å². The van der Waals surface area contributed by atoms with E-state index in [1.807, 2.05) is 4.72 Å². The minimum absolute atomic E-state index is 0.181. The molecule has 1 atom stereocenters. The Balaban J connectivity index is 2.90. The minimum Gasteiger partial charge on any atom is -0.349 e. The lowest BCUT2D eigenvalue weighted by Gasteiger charge is -2.17. The van der Waals surface area contributed by atoms with Gasteiger partial charge in [-0.1, -0.05) is 23.2 Å². The van der Waals surface area contributed by atoms with Gasteiger partial charge in [-0.2, -0.15) is 0 Å². The number of hydrogen-bond acceptors (Lipinski definition) is 3. The fourth-order valence-electron chi connectivity index (χ4n) is 1.54. The molecule has 1 unspecified atom stereocenters. The van der Waals surface area contributed by atoms with Crippen LogP contribution in [0.25, 0.3) is 0 Å². The molecule has 1 aromatic carbocycles. The van der Waals surface area contributed by atoms with Crippen LogP contribution in [0.1, 0.15) is 18.5 Å². The van der Waals surface area contributed by atoms with Crippen LogP contribution in [0.4, 0.5) is 4.39 Å². The SMILES string of the molecule is CNS(=O)(=O)CC(=O)NC(C)c1c(Cl)ccc(F)c1Cl. The van der Waals surface area contributed by atoms with Gasteiger partial charge >= 0.3 is 0 Å². The number of carbonyl (C=O) groups is 1. The highest BCUT2D eigenvalue weighted by Crippen LogP contribution is 2.32. The maximum atomic E-state index is 13.4. The second kappa shape index (κ2) is 6.71. The predicted octanol–water partition coefficient (Wildman–Crippen LogP) is 1.86. The number of amides is 1. The van der Waals surface area contributed by atoms with Gasteiger partial charge in [0.05, 0.1) is 11.1 Å². The molecule has 5 nitrogen and oxygen atoms in total. The van der Waals surface area contributed by atoms with Crippen molar-refractivity contribution in [2.75, 3.05) is 12.8 Å². The van der Waals surface area contributed by atoms with Crippen molar-refractivity contribution in [1.29, 1.82) is 0 Å². The molecule has 0 heterocycles. The fraction of sp³-hybridized carbons (Fsp3) is 0.364. The van der Waals surface area contributed by atoms with Crippen molar-refractivity contribution in [3.8, 4) is 0 Å². The van der Waals surface area contributed by atoms with Gasteiger partial charge in [0, 0.05) is 10.6 Å². The second-order valence-electron chi connectivity index (χ2n) is 4.01. The summed E-state index contributed by atoms with van der Waals surface area (Å²) in [6, 6.07) is 1.68. The van der Waals surface area contributed by atoms with Gasteiger partial charge < -0.3 is 5.32 Å². The van der Waals surface area contributed by atoms with Crippen molar-refractivity contribution >= 4 is 39.1 Å². The van der Waals surface area contributed by atoms with Gasteiger partial charge in [-0.05, 0) is 26.1 Å². The molecular weight excluding hydrogens is 330 g/mol. The van der Waals surface area contributed by atoms with E-state index in [1.54, 1.807) is 0 Å². The second-order valence-corrected chi connectivity index (χ2v) is 6.72. The maximum absolute atomic E-state index is 13.4. The Morgan fingerprint density at radius 1 is 1.40 bits per heavy atom. The number of carbonyl (C=O) groups excluding carboxylic acids is 1. The molecule has 9 heteroatoms. The van der Waals surface area contributed by atoms with Gasteiger partial charge in [0.15, 0.2) is 0 Å². The van der Waals surface area contributed by atoms with Crippen LogP contribution in [0.5, 0.6) is 0 Å². The Labute approximate surface area is 126 Å². The average Bonchev–Trinajstić information content (AvgIpc) is 2.33. The van der Waals surface area contributed by atoms with Crippen molar-refractivity contribution < 1.29 is 17.6 Å². The van der Waals surface area contributed by atoms with Crippen molar-refractivity contribution in [3.05, 3.63) is 33.6 Å². The first kappa shape index (κ1) is 17.2. The molecule has 0 bridgehead atoms. The van der Waals surface area contributed by atoms with Gasteiger partial charge in [0.2, 0.25) is 15.9 Å². The molecule has 0 saturated heterocycles. The molecule has 0 fully saturated rings. The molecule has 20 heavy (non-hydrogen) atoms. The molecule has 0 aromatic heterocycles. The minimum atomic E-state index is -3.68. The molecule has 1 rings (SSSR count). The highest BCUT2D eigenvalue weighted by Gasteiger charge is 2.21. The van der Waals surface area contributed by atoms with E-state index in [9.17, 15) is 17.6 Å². The van der Waals surface area contributed by atoms with Crippen LogP contribution in [-0.4, -0.2) is 27.1 Å². The summed E-state index contributed by atoms with van der Waals surface area (Å²) in [6.45, 7) is 1.52. The van der Waals surface area contributed by atoms with Crippen molar-refractivity contribution in [2.24, 2.45) is 0 Å². The van der Waals surface area contributed by atoms with Crippen LogP contribution in [0.3, 0.4) is 0 Å². The molecular formula is C11H13Cl2FN2O3S. The number of sulfonamides is 1. The lowest BCUT2D eigenvalue weighted by atomic mass is 10.1. The molecule has 0 aliphatic carbocycles. The molecule has 112 valence electrons. The Morgan fingerprint density at radius 2 is 2.00 bits per heavy atom. The summed E-state index contributed by atoms with van der Waals surface area (Å²) in [7, 11) is -2.48. The van der Waals surface area contributed by atoms with Crippen LogP contribution < -0.4 is 10.0 Å². The van der Waals surface area contributed by atoms with Gasteiger partial charge in [0.1, 0.15) is 11.6 Å². The zero-order valence-corrected chi connectivity index (χ0v) is 13.0. The third-order valence-corrected chi connectivity index (χ3v) is 4.50. The van der Waals surface area contributed by atoms with E-state index in [0.29, 0.717) is 0 Å². The summed E-state index contributed by atoms with van der Waals surface area (Å²) in [4.78, 5) is 11.6.